The van der Waals surface area contributed by atoms with Crippen LogP contribution in [0.5, 0.6) is 0 Å². The maximum Gasteiger partial charge on any atom is 0.244 e. The van der Waals surface area contributed by atoms with Crippen molar-refractivity contribution in [3.8, 4) is 0 Å². The largest absolute Gasteiger partial charge is 0.384 e. The second-order valence-corrected chi connectivity index (χ2v) is 8.44. The normalized spacial score (nSPS) is 16.0. The van der Waals surface area contributed by atoms with Crippen molar-refractivity contribution in [1.82, 2.24) is 19.3 Å². The van der Waals surface area contributed by atoms with Gasteiger partial charge in [-0.2, -0.15) is 4.31 Å². The van der Waals surface area contributed by atoms with Gasteiger partial charge in [0.1, 0.15) is 22.9 Å². The van der Waals surface area contributed by atoms with Crippen LogP contribution in [0.2, 0.25) is 5.02 Å². The highest BCUT2D eigenvalue weighted by Gasteiger charge is 2.30. The van der Waals surface area contributed by atoms with Gasteiger partial charge in [-0.1, -0.05) is 23.7 Å². The van der Waals surface area contributed by atoms with E-state index in [2.05, 4.69) is 15.0 Å². The minimum Gasteiger partial charge on any atom is -0.384 e. The van der Waals surface area contributed by atoms with Gasteiger partial charge >= 0.3 is 0 Å². The van der Waals surface area contributed by atoms with Crippen LogP contribution in [0.1, 0.15) is 0 Å². The molecule has 0 radical (unpaired) electrons. The molecule has 1 aromatic carbocycles. The second kappa shape index (κ2) is 6.91. The van der Waals surface area contributed by atoms with E-state index in [0.29, 0.717) is 37.6 Å². The molecule has 0 unspecified atom stereocenters. The topological polar surface area (TPSA) is 105 Å². The molecule has 0 spiro atoms. The number of benzene rings is 1. The van der Waals surface area contributed by atoms with E-state index in [-0.39, 0.29) is 9.92 Å². The fourth-order valence-corrected chi connectivity index (χ4v) is 5.04. The molecule has 2 N–H and O–H groups in total. The van der Waals surface area contributed by atoms with Crippen molar-refractivity contribution >= 4 is 44.3 Å². The number of nitrogens with zero attached hydrogens (tertiary/aromatic N) is 5. The lowest BCUT2D eigenvalue weighted by Crippen LogP contribution is -2.49. The van der Waals surface area contributed by atoms with E-state index < -0.39 is 10.0 Å². The van der Waals surface area contributed by atoms with E-state index in [4.69, 9.17) is 17.3 Å². The zero-order valence-corrected chi connectivity index (χ0v) is 15.9. The molecule has 0 amide bonds. The summed E-state index contributed by atoms with van der Waals surface area (Å²) in [6.45, 7) is 1.67. The van der Waals surface area contributed by atoms with Crippen molar-refractivity contribution in [3.63, 3.8) is 0 Å². The first-order chi connectivity index (χ1) is 13.0. The Bertz CT molecular complexity index is 1100. The molecule has 140 valence electrons. The molecule has 8 nitrogen and oxygen atoms in total. The predicted molar refractivity (Wildman–Crippen MR) is 104 cm³/mol. The molecule has 0 aliphatic carbocycles. The van der Waals surface area contributed by atoms with Crippen LogP contribution < -0.4 is 10.6 Å². The fraction of sp³-hybridized carbons (Fsp3) is 0.235. The van der Waals surface area contributed by atoms with Gasteiger partial charge in [0.05, 0.1) is 10.4 Å². The number of fused-ring (bicyclic) bond motifs is 1. The van der Waals surface area contributed by atoms with Gasteiger partial charge < -0.3 is 10.6 Å². The van der Waals surface area contributed by atoms with Crippen molar-refractivity contribution in [2.24, 2.45) is 0 Å². The number of halogens is 1. The standard InChI is InChI=1S/C17H17ClN6O2S/c18-13-3-1-2-4-14(13)27(25,26)24-9-7-23(8-10-24)17-12-5-6-15(19)22-16(12)20-11-21-17/h1-6,11H,7-10H2,(H2,19,20,21,22). The summed E-state index contributed by atoms with van der Waals surface area (Å²) in [6.07, 6.45) is 1.44. The smallest absolute Gasteiger partial charge is 0.244 e. The molecule has 1 saturated heterocycles. The maximum absolute atomic E-state index is 12.9. The first-order valence-electron chi connectivity index (χ1n) is 8.34. The number of hydrogen-bond donors (Lipinski definition) is 1. The highest BCUT2D eigenvalue weighted by atomic mass is 35.5. The molecule has 4 rings (SSSR count). The Morgan fingerprint density at radius 3 is 2.48 bits per heavy atom. The molecule has 0 bridgehead atoms. The average molecular weight is 405 g/mol. The predicted octanol–water partition coefficient (Wildman–Crippen LogP) is 1.77. The molecular weight excluding hydrogens is 388 g/mol. The third-order valence-corrected chi connectivity index (χ3v) is 6.89. The summed E-state index contributed by atoms with van der Waals surface area (Å²) in [6, 6.07) is 10.0. The van der Waals surface area contributed by atoms with Gasteiger partial charge in [-0.05, 0) is 24.3 Å². The van der Waals surface area contributed by atoms with Crippen molar-refractivity contribution in [3.05, 3.63) is 47.7 Å². The van der Waals surface area contributed by atoms with E-state index in [9.17, 15) is 8.42 Å². The van der Waals surface area contributed by atoms with Gasteiger partial charge in [0.15, 0.2) is 5.65 Å². The number of piperazine rings is 1. The highest BCUT2D eigenvalue weighted by Crippen LogP contribution is 2.27. The molecule has 1 aliphatic rings. The highest BCUT2D eigenvalue weighted by molar-refractivity contribution is 7.89. The lowest BCUT2D eigenvalue weighted by Gasteiger charge is -2.35. The minimum atomic E-state index is -3.63. The van der Waals surface area contributed by atoms with E-state index in [1.54, 1.807) is 24.3 Å². The summed E-state index contributed by atoms with van der Waals surface area (Å²) in [5, 5.41) is 1.01. The van der Waals surface area contributed by atoms with E-state index in [1.807, 2.05) is 11.0 Å². The number of rotatable bonds is 3. The van der Waals surface area contributed by atoms with Gasteiger partial charge in [-0.15, -0.1) is 0 Å². The van der Waals surface area contributed by atoms with Gasteiger partial charge in [0.25, 0.3) is 0 Å². The number of nitrogen functional groups attached to an aromatic ring is 1. The first kappa shape index (κ1) is 17.9. The van der Waals surface area contributed by atoms with Crippen LogP contribution in [0.15, 0.2) is 47.6 Å². The Balaban J connectivity index is 1.57. The van der Waals surface area contributed by atoms with Gasteiger partial charge in [0, 0.05) is 26.2 Å². The van der Waals surface area contributed by atoms with Crippen LogP contribution in [-0.4, -0.2) is 53.9 Å². The fourth-order valence-electron chi connectivity index (χ4n) is 3.13. The molecule has 2 aromatic heterocycles. The summed E-state index contributed by atoms with van der Waals surface area (Å²) in [7, 11) is -3.63. The van der Waals surface area contributed by atoms with Crippen LogP contribution in [0.4, 0.5) is 11.6 Å². The molecule has 0 saturated carbocycles. The summed E-state index contributed by atoms with van der Waals surface area (Å²) >= 11 is 6.08. The van der Waals surface area contributed by atoms with Gasteiger partial charge in [0.2, 0.25) is 10.0 Å². The Hall–Kier alpha value is -2.49. The molecule has 3 aromatic rings. The lowest BCUT2D eigenvalue weighted by atomic mass is 10.2. The van der Waals surface area contributed by atoms with E-state index in [1.165, 1.54) is 16.7 Å². The number of sulfonamides is 1. The average Bonchev–Trinajstić information content (AvgIpc) is 2.67. The lowest BCUT2D eigenvalue weighted by molar-refractivity contribution is 0.384. The Morgan fingerprint density at radius 1 is 1.00 bits per heavy atom. The molecular formula is C17H17ClN6O2S. The van der Waals surface area contributed by atoms with Crippen molar-refractivity contribution in [1.29, 1.82) is 0 Å². The number of nitrogens with two attached hydrogens (primary N) is 1. The number of aromatic nitrogens is 3. The van der Waals surface area contributed by atoms with Crippen LogP contribution in [0, 0.1) is 0 Å². The van der Waals surface area contributed by atoms with Gasteiger partial charge in [-0.3, -0.25) is 0 Å². The third kappa shape index (κ3) is 3.29. The van der Waals surface area contributed by atoms with Crippen LogP contribution in [0.25, 0.3) is 11.0 Å². The minimum absolute atomic E-state index is 0.132. The molecule has 0 atom stereocenters. The zero-order chi connectivity index (χ0) is 19.0. The monoisotopic (exact) mass is 404 g/mol. The Morgan fingerprint density at radius 2 is 1.74 bits per heavy atom. The van der Waals surface area contributed by atoms with Crippen molar-refractivity contribution < 1.29 is 8.42 Å². The number of hydrogen-bond acceptors (Lipinski definition) is 7. The zero-order valence-electron chi connectivity index (χ0n) is 14.3. The maximum atomic E-state index is 12.9. The third-order valence-electron chi connectivity index (χ3n) is 4.49. The second-order valence-electron chi connectivity index (χ2n) is 6.13. The Labute approximate surface area is 161 Å². The SMILES string of the molecule is Nc1ccc2c(N3CCN(S(=O)(=O)c4ccccc4Cl)CC3)ncnc2n1. The van der Waals surface area contributed by atoms with Crippen molar-refractivity contribution in [2.45, 2.75) is 4.90 Å². The Kier molecular flexibility index (Phi) is 4.58. The van der Waals surface area contributed by atoms with Gasteiger partial charge in [-0.25, -0.2) is 23.4 Å². The van der Waals surface area contributed by atoms with Crippen LogP contribution >= 0.6 is 11.6 Å². The molecule has 1 fully saturated rings. The summed E-state index contributed by atoms with van der Waals surface area (Å²) in [5.41, 5.74) is 6.24. The molecule has 10 heteroatoms. The number of pyridine rings is 1. The van der Waals surface area contributed by atoms with E-state index >= 15 is 0 Å². The van der Waals surface area contributed by atoms with E-state index in [0.717, 1.165) is 11.2 Å². The number of anilines is 2. The van der Waals surface area contributed by atoms with Crippen LogP contribution in [-0.2, 0) is 10.0 Å². The van der Waals surface area contributed by atoms with Crippen molar-refractivity contribution in [2.75, 3.05) is 36.8 Å². The molecule has 27 heavy (non-hydrogen) atoms. The molecule has 1 aliphatic heterocycles. The molecule has 3 heterocycles. The summed E-state index contributed by atoms with van der Waals surface area (Å²) in [5.74, 6) is 1.12. The quantitative estimate of drug-likeness (QED) is 0.709. The summed E-state index contributed by atoms with van der Waals surface area (Å²) < 4.78 is 27.2. The first-order valence-corrected chi connectivity index (χ1v) is 10.2. The van der Waals surface area contributed by atoms with Crippen LogP contribution in [0.3, 0.4) is 0 Å². The summed E-state index contributed by atoms with van der Waals surface area (Å²) in [4.78, 5) is 14.9.